The lowest BCUT2D eigenvalue weighted by Crippen LogP contribution is -2.16. The summed E-state index contributed by atoms with van der Waals surface area (Å²) in [5.74, 6) is -0.854. The molecule has 0 spiro atoms. The predicted octanol–water partition coefficient (Wildman–Crippen LogP) is 4.55. The van der Waals surface area contributed by atoms with Crippen molar-refractivity contribution in [3.8, 4) is 5.75 Å². The van der Waals surface area contributed by atoms with Gasteiger partial charge in [0.15, 0.2) is 16.8 Å². The highest BCUT2D eigenvalue weighted by atomic mass is 16.5. The van der Waals surface area contributed by atoms with Gasteiger partial charge in [-0.3, -0.25) is 14.4 Å². The fourth-order valence-electron chi connectivity index (χ4n) is 3.56. The summed E-state index contributed by atoms with van der Waals surface area (Å²) in [5.41, 5.74) is 6.89. The van der Waals surface area contributed by atoms with Gasteiger partial charge in [-0.1, -0.05) is 36.4 Å². The van der Waals surface area contributed by atoms with Crippen LogP contribution in [0.1, 0.15) is 39.3 Å². The van der Waals surface area contributed by atoms with Crippen molar-refractivity contribution in [2.45, 2.75) is 19.3 Å². The van der Waals surface area contributed by atoms with Gasteiger partial charge in [-0.15, -0.1) is 0 Å². The van der Waals surface area contributed by atoms with E-state index in [1.807, 2.05) is 18.2 Å². The molecule has 0 atom stereocenters. The minimum atomic E-state index is -0.865. The smallest absolute Gasteiger partial charge is 0.284 e. The maximum absolute atomic E-state index is 12.7. The molecule has 3 aromatic carbocycles. The van der Waals surface area contributed by atoms with Crippen molar-refractivity contribution in [3.63, 3.8) is 0 Å². The molecule has 0 aliphatic rings. The number of nitrogens with one attached hydrogen (secondary N) is 1. The summed E-state index contributed by atoms with van der Waals surface area (Å²) in [6.45, 7) is 0.593. The Labute approximate surface area is 196 Å². The second-order valence-electron chi connectivity index (χ2n) is 7.79. The summed E-state index contributed by atoms with van der Waals surface area (Å²) in [7, 11) is 0. The second-order valence-corrected chi connectivity index (χ2v) is 7.79. The normalized spacial score (nSPS) is 10.7. The van der Waals surface area contributed by atoms with Gasteiger partial charge in [-0.05, 0) is 61.2 Å². The van der Waals surface area contributed by atoms with Crippen LogP contribution in [0.25, 0.3) is 11.0 Å². The number of unbranched alkanes of at least 4 members (excludes halogenated alkanes) is 1. The van der Waals surface area contributed by atoms with Gasteiger partial charge in [-0.25, -0.2) is 0 Å². The number of nitrogens with two attached hydrogens (primary N) is 1. The van der Waals surface area contributed by atoms with Crippen LogP contribution in [-0.4, -0.2) is 18.4 Å². The maximum atomic E-state index is 12.7. The minimum absolute atomic E-state index is 0.0904. The van der Waals surface area contributed by atoms with E-state index in [0.717, 1.165) is 25.3 Å². The summed E-state index contributed by atoms with van der Waals surface area (Å²) in [5, 5.41) is 2.96. The number of ether oxygens (including phenoxy) is 1. The van der Waals surface area contributed by atoms with E-state index in [4.69, 9.17) is 14.9 Å². The zero-order chi connectivity index (χ0) is 23.9. The van der Waals surface area contributed by atoms with Crippen LogP contribution in [0.15, 0.2) is 88.1 Å². The van der Waals surface area contributed by atoms with Gasteiger partial charge in [-0.2, -0.15) is 0 Å². The minimum Gasteiger partial charge on any atom is -0.494 e. The largest absolute Gasteiger partial charge is 0.494 e. The molecule has 4 rings (SSSR count). The number of anilines is 1. The third-order valence-corrected chi connectivity index (χ3v) is 5.33. The molecule has 0 bridgehead atoms. The van der Waals surface area contributed by atoms with Gasteiger partial charge < -0.3 is 20.2 Å². The maximum Gasteiger partial charge on any atom is 0.284 e. The number of amides is 2. The van der Waals surface area contributed by atoms with E-state index in [-0.39, 0.29) is 22.4 Å². The Balaban J connectivity index is 1.36. The van der Waals surface area contributed by atoms with Crippen LogP contribution in [-0.2, 0) is 6.42 Å². The van der Waals surface area contributed by atoms with Gasteiger partial charge in [0.25, 0.3) is 11.8 Å². The average molecular weight is 456 g/mol. The van der Waals surface area contributed by atoms with Crippen LogP contribution < -0.4 is 21.2 Å². The Morgan fingerprint density at radius 2 is 1.68 bits per heavy atom. The molecule has 34 heavy (non-hydrogen) atoms. The van der Waals surface area contributed by atoms with Crippen molar-refractivity contribution >= 4 is 28.5 Å². The first-order valence-electron chi connectivity index (χ1n) is 11.0. The second kappa shape index (κ2) is 10.5. The van der Waals surface area contributed by atoms with Crippen LogP contribution in [0.3, 0.4) is 0 Å². The summed E-state index contributed by atoms with van der Waals surface area (Å²) in [4.78, 5) is 36.4. The Hall–Kier alpha value is -4.39. The Bertz CT molecular complexity index is 1360. The van der Waals surface area contributed by atoms with Crippen LogP contribution in [0.2, 0.25) is 0 Å². The Morgan fingerprint density at radius 1 is 0.912 bits per heavy atom. The number of primary amides is 1. The van der Waals surface area contributed by atoms with Gasteiger partial charge in [0.05, 0.1) is 17.7 Å². The van der Waals surface area contributed by atoms with E-state index in [1.54, 1.807) is 42.5 Å². The molecule has 0 radical (unpaired) electrons. The standard InChI is InChI=1S/C27H24N2O5/c28-26(31)24-17-23(30)21-10-6-11-22(25(21)34-24)29-27(32)19-12-14-20(15-13-19)33-16-5-4-9-18-7-2-1-3-8-18/h1-3,6-8,10-15,17H,4-5,9,16H2,(H2,28,31)(H,29,32). The van der Waals surface area contributed by atoms with Crippen LogP contribution in [0.4, 0.5) is 5.69 Å². The van der Waals surface area contributed by atoms with E-state index in [1.165, 1.54) is 5.56 Å². The van der Waals surface area contributed by atoms with Crippen molar-refractivity contribution in [3.05, 3.63) is 106 Å². The monoisotopic (exact) mass is 456 g/mol. The first-order valence-corrected chi connectivity index (χ1v) is 11.0. The molecule has 7 heteroatoms. The number of para-hydroxylation sites is 1. The molecule has 172 valence electrons. The SMILES string of the molecule is NC(=O)c1cc(=O)c2cccc(NC(=O)c3ccc(OCCCCc4ccccc4)cc3)c2o1. The lowest BCUT2D eigenvalue weighted by molar-refractivity contribution is 0.0974. The summed E-state index contributed by atoms with van der Waals surface area (Å²) in [6.07, 6.45) is 2.97. The molecule has 1 aromatic heterocycles. The lowest BCUT2D eigenvalue weighted by atomic mass is 10.1. The van der Waals surface area contributed by atoms with Gasteiger partial charge in [0.2, 0.25) is 0 Å². The van der Waals surface area contributed by atoms with E-state index < -0.39 is 17.2 Å². The molecule has 0 saturated heterocycles. The zero-order valence-electron chi connectivity index (χ0n) is 18.5. The fourth-order valence-corrected chi connectivity index (χ4v) is 3.56. The molecule has 0 aliphatic carbocycles. The molecule has 0 aliphatic heterocycles. The van der Waals surface area contributed by atoms with Crippen molar-refractivity contribution in [1.29, 1.82) is 0 Å². The fraction of sp³-hybridized carbons (Fsp3) is 0.148. The van der Waals surface area contributed by atoms with Crippen molar-refractivity contribution in [2.75, 3.05) is 11.9 Å². The molecule has 0 saturated carbocycles. The highest BCUT2D eigenvalue weighted by Gasteiger charge is 2.14. The van der Waals surface area contributed by atoms with Crippen LogP contribution in [0, 0.1) is 0 Å². The Morgan fingerprint density at radius 3 is 2.41 bits per heavy atom. The zero-order valence-corrected chi connectivity index (χ0v) is 18.5. The third-order valence-electron chi connectivity index (χ3n) is 5.33. The summed E-state index contributed by atoms with van der Waals surface area (Å²) >= 11 is 0. The van der Waals surface area contributed by atoms with E-state index >= 15 is 0 Å². The van der Waals surface area contributed by atoms with Crippen LogP contribution in [0.5, 0.6) is 5.75 Å². The van der Waals surface area contributed by atoms with Gasteiger partial charge >= 0.3 is 0 Å². The molecular weight excluding hydrogens is 432 g/mol. The van der Waals surface area contributed by atoms with Crippen molar-refractivity contribution in [1.82, 2.24) is 0 Å². The number of benzene rings is 3. The molecule has 0 fully saturated rings. The quantitative estimate of drug-likeness (QED) is 0.359. The first kappa shape index (κ1) is 22.8. The highest BCUT2D eigenvalue weighted by Crippen LogP contribution is 2.23. The molecule has 1 heterocycles. The summed E-state index contributed by atoms with van der Waals surface area (Å²) < 4.78 is 11.3. The highest BCUT2D eigenvalue weighted by molar-refractivity contribution is 6.08. The number of fused-ring (bicyclic) bond motifs is 1. The van der Waals surface area contributed by atoms with E-state index in [0.29, 0.717) is 17.9 Å². The average Bonchev–Trinajstić information content (AvgIpc) is 2.85. The molecule has 0 unspecified atom stereocenters. The molecule has 2 amide bonds. The van der Waals surface area contributed by atoms with E-state index in [9.17, 15) is 14.4 Å². The number of carbonyl (C=O) groups excluding carboxylic acids is 2. The lowest BCUT2D eigenvalue weighted by Gasteiger charge is -2.10. The number of carbonyl (C=O) groups is 2. The third kappa shape index (κ3) is 5.50. The number of hydrogen-bond acceptors (Lipinski definition) is 5. The molecule has 3 N–H and O–H groups in total. The topological polar surface area (TPSA) is 112 Å². The molecular formula is C27H24N2O5. The van der Waals surface area contributed by atoms with Gasteiger partial charge in [0, 0.05) is 11.6 Å². The van der Waals surface area contributed by atoms with Crippen molar-refractivity contribution in [2.24, 2.45) is 5.73 Å². The summed E-state index contributed by atoms with van der Waals surface area (Å²) in [6, 6.07) is 22.9. The molecule has 4 aromatic rings. The Kier molecular flexibility index (Phi) is 7.03. The number of rotatable bonds is 9. The number of hydrogen-bond donors (Lipinski definition) is 2. The van der Waals surface area contributed by atoms with E-state index in [2.05, 4.69) is 17.4 Å². The van der Waals surface area contributed by atoms with Crippen molar-refractivity contribution < 1.29 is 18.7 Å². The van der Waals surface area contributed by atoms with Crippen LogP contribution >= 0.6 is 0 Å². The van der Waals surface area contributed by atoms with Gasteiger partial charge in [0.1, 0.15) is 5.75 Å². The first-order chi connectivity index (χ1) is 16.5. The predicted molar refractivity (Wildman–Crippen MR) is 130 cm³/mol. The molecule has 7 nitrogen and oxygen atoms in total. The number of aryl methyl sites for hydroxylation is 1.